The quantitative estimate of drug-likeness (QED) is 0.603. The van der Waals surface area contributed by atoms with Crippen molar-refractivity contribution in [1.29, 1.82) is 0 Å². The van der Waals surface area contributed by atoms with Crippen LogP contribution in [0.4, 0.5) is 0 Å². The maximum absolute atomic E-state index is 11.9. The molecule has 23 heavy (non-hydrogen) atoms. The van der Waals surface area contributed by atoms with Gasteiger partial charge >= 0.3 is 0 Å². The van der Waals surface area contributed by atoms with E-state index in [1.54, 1.807) is 0 Å². The van der Waals surface area contributed by atoms with Gasteiger partial charge in [0.25, 0.3) is 0 Å². The Bertz CT molecular complexity index is 637. The summed E-state index contributed by atoms with van der Waals surface area (Å²) in [7, 11) is 0. The van der Waals surface area contributed by atoms with Gasteiger partial charge in [0, 0.05) is 12.3 Å². The summed E-state index contributed by atoms with van der Waals surface area (Å²) in [5.41, 5.74) is 1.90. The molecule has 1 nitrogen and oxygen atoms in total. The summed E-state index contributed by atoms with van der Waals surface area (Å²) in [6.07, 6.45) is 15.1. The van der Waals surface area contributed by atoms with Crippen molar-refractivity contribution in [2.75, 3.05) is 0 Å². The average Bonchev–Trinajstić information content (AvgIpc) is 3.22. The minimum Gasteiger partial charge on any atom is -0.295 e. The molecule has 5 aliphatic rings. The number of carbonyl (C=O) groups excluding carboxylic acids is 1. The van der Waals surface area contributed by atoms with E-state index in [2.05, 4.69) is 19.8 Å². The summed E-state index contributed by atoms with van der Waals surface area (Å²) in [4.78, 5) is 11.9. The molecule has 0 aromatic heterocycles. The number of rotatable bonds is 0. The van der Waals surface area contributed by atoms with Crippen LogP contribution in [0.1, 0.15) is 52.4 Å². The molecule has 0 N–H and O–H groups in total. The molecule has 1 heteroatoms. The Labute approximate surface area is 140 Å². The third kappa shape index (κ3) is 1.73. The molecule has 0 radical (unpaired) electrons. The molecule has 0 amide bonds. The first-order chi connectivity index (χ1) is 11.0. The number of fused-ring (bicyclic) bond motifs is 7. The average molecular weight is 308 g/mol. The lowest BCUT2D eigenvalue weighted by Crippen LogP contribution is -2.50. The van der Waals surface area contributed by atoms with E-state index in [4.69, 9.17) is 6.42 Å². The molecule has 0 aromatic rings. The second-order valence-electron chi connectivity index (χ2n) is 9.53. The number of ketones is 1. The predicted octanol–water partition coefficient (Wildman–Crippen LogP) is 4.48. The first-order valence-corrected chi connectivity index (χ1v) is 9.74. The number of carbonyl (C=O) groups is 1. The number of allylic oxidation sites excluding steroid dienone is 1. The number of hydrogen-bond acceptors (Lipinski definition) is 1. The summed E-state index contributed by atoms with van der Waals surface area (Å²) in [5.74, 6) is 9.87. The topological polar surface area (TPSA) is 17.1 Å². The van der Waals surface area contributed by atoms with Crippen LogP contribution in [0, 0.1) is 65.1 Å². The minimum absolute atomic E-state index is 0.373. The second kappa shape index (κ2) is 4.53. The van der Waals surface area contributed by atoms with E-state index in [-0.39, 0.29) is 0 Å². The molecule has 5 rings (SSSR count). The van der Waals surface area contributed by atoms with Crippen LogP contribution in [-0.2, 0) is 4.79 Å². The van der Waals surface area contributed by atoms with Crippen LogP contribution >= 0.6 is 0 Å². The fourth-order valence-electron chi connectivity index (χ4n) is 7.84. The molecule has 0 aliphatic heterocycles. The monoisotopic (exact) mass is 308 g/mol. The van der Waals surface area contributed by atoms with Crippen molar-refractivity contribution in [1.82, 2.24) is 0 Å². The molecule has 4 saturated carbocycles. The van der Waals surface area contributed by atoms with Crippen LogP contribution < -0.4 is 0 Å². The summed E-state index contributed by atoms with van der Waals surface area (Å²) >= 11 is 0. The van der Waals surface area contributed by atoms with Gasteiger partial charge in [-0.2, -0.15) is 0 Å². The van der Waals surface area contributed by atoms with Gasteiger partial charge in [-0.05, 0) is 85.0 Å². The summed E-state index contributed by atoms with van der Waals surface area (Å²) < 4.78 is 0. The summed E-state index contributed by atoms with van der Waals surface area (Å²) in [6, 6.07) is 0. The molecular formula is C22H28O. The molecule has 122 valence electrons. The fraction of sp³-hybridized carbons (Fsp3) is 0.773. The highest BCUT2D eigenvalue weighted by atomic mass is 16.1. The van der Waals surface area contributed by atoms with E-state index >= 15 is 0 Å². The largest absolute Gasteiger partial charge is 0.295 e. The normalized spacial score (nSPS) is 56.6. The zero-order valence-electron chi connectivity index (χ0n) is 14.4. The smallest absolute Gasteiger partial charge is 0.155 e. The highest BCUT2D eigenvalue weighted by molar-refractivity contribution is 5.91. The maximum atomic E-state index is 11.9. The molecule has 0 saturated heterocycles. The Morgan fingerprint density at radius 1 is 1.26 bits per heavy atom. The third-order valence-corrected chi connectivity index (χ3v) is 8.61. The highest BCUT2D eigenvalue weighted by Crippen LogP contribution is 2.74. The van der Waals surface area contributed by atoms with Crippen LogP contribution in [0.15, 0.2) is 11.6 Å². The molecule has 9 atom stereocenters. The third-order valence-electron chi connectivity index (χ3n) is 8.61. The van der Waals surface area contributed by atoms with E-state index in [0.717, 1.165) is 48.3 Å². The maximum Gasteiger partial charge on any atom is 0.155 e. The lowest BCUT2D eigenvalue weighted by atomic mass is 9.48. The molecule has 0 heterocycles. The molecule has 4 fully saturated rings. The lowest BCUT2D eigenvalue weighted by molar-refractivity contribution is -0.116. The van der Waals surface area contributed by atoms with Crippen LogP contribution in [0.3, 0.4) is 0 Å². The van der Waals surface area contributed by atoms with E-state index in [0.29, 0.717) is 23.0 Å². The summed E-state index contributed by atoms with van der Waals surface area (Å²) in [6.45, 7) is 4.98. The van der Waals surface area contributed by atoms with Gasteiger partial charge in [-0.1, -0.05) is 19.4 Å². The standard InChI is InChI=1S/C22H28O/c1-4-19-17-11-18(17)21-20-12(2)9-13-10-14(23)5-6-15(13)16(20)7-8-22(19,21)3/h1,10,12,15-21H,5-9,11H2,2-3H3/t12-,15?,16?,17?,18?,19+,20?,21?,22?/m1/s1. The second-order valence-corrected chi connectivity index (χ2v) is 9.53. The molecule has 0 aromatic carbocycles. The first kappa shape index (κ1) is 14.3. The Kier molecular flexibility index (Phi) is 2.82. The van der Waals surface area contributed by atoms with Gasteiger partial charge in [0.05, 0.1) is 0 Å². The van der Waals surface area contributed by atoms with Gasteiger partial charge in [-0.25, -0.2) is 0 Å². The van der Waals surface area contributed by atoms with Crippen molar-refractivity contribution in [3.05, 3.63) is 11.6 Å². The first-order valence-electron chi connectivity index (χ1n) is 9.74. The Balaban J connectivity index is 1.53. The highest BCUT2D eigenvalue weighted by Gasteiger charge is 2.69. The van der Waals surface area contributed by atoms with Crippen LogP contribution in [0.25, 0.3) is 0 Å². The van der Waals surface area contributed by atoms with E-state index in [1.165, 1.54) is 31.3 Å². The zero-order chi connectivity index (χ0) is 15.9. The Morgan fingerprint density at radius 2 is 2.09 bits per heavy atom. The zero-order valence-corrected chi connectivity index (χ0v) is 14.4. The Morgan fingerprint density at radius 3 is 2.87 bits per heavy atom. The number of hydrogen-bond donors (Lipinski definition) is 0. The van der Waals surface area contributed by atoms with Crippen molar-refractivity contribution >= 4 is 5.78 Å². The van der Waals surface area contributed by atoms with Gasteiger partial charge in [0.1, 0.15) is 0 Å². The lowest BCUT2D eigenvalue weighted by Gasteiger charge is -2.57. The molecule has 7 unspecified atom stereocenters. The van der Waals surface area contributed by atoms with Crippen molar-refractivity contribution in [2.45, 2.75) is 52.4 Å². The van der Waals surface area contributed by atoms with Crippen LogP contribution in [-0.4, -0.2) is 5.78 Å². The van der Waals surface area contributed by atoms with Gasteiger partial charge in [0.2, 0.25) is 0 Å². The van der Waals surface area contributed by atoms with Crippen molar-refractivity contribution in [3.63, 3.8) is 0 Å². The van der Waals surface area contributed by atoms with Gasteiger partial charge in [-0.15, -0.1) is 12.3 Å². The van der Waals surface area contributed by atoms with Crippen molar-refractivity contribution in [3.8, 4) is 12.3 Å². The molecule has 0 bridgehead atoms. The van der Waals surface area contributed by atoms with Gasteiger partial charge < -0.3 is 0 Å². The fourth-order valence-corrected chi connectivity index (χ4v) is 7.84. The number of terminal acetylenes is 1. The van der Waals surface area contributed by atoms with Gasteiger partial charge in [-0.3, -0.25) is 4.79 Å². The molecular weight excluding hydrogens is 280 g/mol. The molecule has 5 aliphatic carbocycles. The van der Waals surface area contributed by atoms with Gasteiger partial charge in [0.15, 0.2) is 5.78 Å². The van der Waals surface area contributed by atoms with E-state index in [9.17, 15) is 4.79 Å². The predicted molar refractivity (Wildman–Crippen MR) is 91.3 cm³/mol. The van der Waals surface area contributed by atoms with E-state index < -0.39 is 0 Å². The molecule has 0 spiro atoms. The van der Waals surface area contributed by atoms with Crippen LogP contribution in [0.2, 0.25) is 0 Å². The summed E-state index contributed by atoms with van der Waals surface area (Å²) in [5, 5.41) is 0. The Hall–Kier alpha value is -1.03. The van der Waals surface area contributed by atoms with Crippen LogP contribution in [0.5, 0.6) is 0 Å². The van der Waals surface area contributed by atoms with Crippen molar-refractivity contribution < 1.29 is 4.79 Å². The SMILES string of the molecule is C#C[C@H]1C2CC2C2C3C(CCC21C)C1CCC(=O)C=C1C[C@H]3C. The van der Waals surface area contributed by atoms with Crippen molar-refractivity contribution in [2.24, 2.45) is 52.8 Å². The minimum atomic E-state index is 0.373. The van der Waals surface area contributed by atoms with E-state index in [1.807, 2.05) is 6.08 Å².